The summed E-state index contributed by atoms with van der Waals surface area (Å²) in [5, 5.41) is 0.560. The van der Waals surface area contributed by atoms with Gasteiger partial charge in [0.2, 0.25) is 0 Å². The molecule has 18 heavy (non-hydrogen) atoms. The number of hydrogen-bond donors (Lipinski definition) is 1. The van der Waals surface area contributed by atoms with Crippen molar-refractivity contribution in [1.29, 1.82) is 0 Å². The summed E-state index contributed by atoms with van der Waals surface area (Å²) < 4.78 is 26.1. The Morgan fingerprint density at radius 3 is 2.56 bits per heavy atom. The topological polar surface area (TPSA) is 26.0 Å². The summed E-state index contributed by atoms with van der Waals surface area (Å²) in [4.78, 5) is 0.822. The molecule has 0 atom stereocenters. The van der Waals surface area contributed by atoms with Crippen molar-refractivity contribution >= 4 is 29.1 Å². The Hall–Kier alpha value is -1.26. The van der Waals surface area contributed by atoms with Gasteiger partial charge in [-0.3, -0.25) is 0 Å². The van der Waals surface area contributed by atoms with Gasteiger partial charge in [-0.05, 0) is 29.8 Å². The van der Waals surface area contributed by atoms with E-state index in [0.29, 0.717) is 22.0 Å². The van der Waals surface area contributed by atoms with Gasteiger partial charge in [0.15, 0.2) is 0 Å². The fraction of sp³-hybridized carbons (Fsp3) is 0.0769. The molecule has 0 amide bonds. The molecule has 2 aromatic rings. The Bertz CT molecular complexity index is 523. The normalized spacial score (nSPS) is 10.6. The third-order valence-electron chi connectivity index (χ3n) is 2.37. The van der Waals surface area contributed by atoms with Crippen LogP contribution in [0.3, 0.4) is 0 Å². The molecule has 0 unspecified atom stereocenters. The number of thioether (sulfide) groups is 1. The lowest BCUT2D eigenvalue weighted by Gasteiger charge is -2.06. The third kappa shape index (κ3) is 3.15. The SMILES string of the molecule is Nc1cc(Cl)ccc1SCc1ccc(F)cc1F. The van der Waals surface area contributed by atoms with Crippen molar-refractivity contribution in [2.24, 2.45) is 0 Å². The summed E-state index contributed by atoms with van der Waals surface area (Å²) in [7, 11) is 0. The van der Waals surface area contributed by atoms with E-state index < -0.39 is 11.6 Å². The third-order valence-corrected chi connectivity index (χ3v) is 3.74. The highest BCUT2D eigenvalue weighted by Crippen LogP contribution is 2.30. The molecule has 2 N–H and O–H groups in total. The maximum absolute atomic E-state index is 13.4. The number of benzene rings is 2. The number of halogens is 3. The summed E-state index contributed by atoms with van der Waals surface area (Å²) in [5.74, 6) is -0.736. The summed E-state index contributed by atoms with van der Waals surface area (Å²) >= 11 is 7.17. The van der Waals surface area contributed by atoms with Gasteiger partial charge in [-0.2, -0.15) is 0 Å². The lowest BCUT2D eigenvalue weighted by molar-refractivity contribution is 0.576. The van der Waals surface area contributed by atoms with Gasteiger partial charge in [-0.15, -0.1) is 11.8 Å². The van der Waals surface area contributed by atoms with E-state index in [1.165, 1.54) is 23.9 Å². The molecule has 0 radical (unpaired) electrons. The fourth-order valence-corrected chi connectivity index (χ4v) is 2.56. The fourth-order valence-electron chi connectivity index (χ4n) is 1.45. The first-order valence-corrected chi connectivity index (χ1v) is 6.54. The van der Waals surface area contributed by atoms with E-state index in [0.717, 1.165) is 11.0 Å². The Morgan fingerprint density at radius 1 is 1.11 bits per heavy atom. The molecule has 0 aliphatic carbocycles. The number of rotatable bonds is 3. The predicted octanol–water partition coefficient (Wildman–Crippen LogP) is 4.49. The molecule has 5 heteroatoms. The van der Waals surface area contributed by atoms with Crippen molar-refractivity contribution in [3.8, 4) is 0 Å². The predicted molar refractivity (Wildman–Crippen MR) is 71.8 cm³/mol. The highest BCUT2D eigenvalue weighted by molar-refractivity contribution is 7.98. The van der Waals surface area contributed by atoms with Crippen LogP contribution in [0.1, 0.15) is 5.56 Å². The van der Waals surface area contributed by atoms with Crippen molar-refractivity contribution < 1.29 is 8.78 Å². The summed E-state index contributed by atoms with van der Waals surface area (Å²) in [6.45, 7) is 0. The van der Waals surface area contributed by atoms with Crippen molar-refractivity contribution in [2.45, 2.75) is 10.6 Å². The monoisotopic (exact) mass is 285 g/mol. The minimum atomic E-state index is -0.577. The number of hydrogen-bond acceptors (Lipinski definition) is 2. The first kappa shape index (κ1) is 13.2. The van der Waals surface area contributed by atoms with E-state index in [1.807, 2.05) is 0 Å². The molecule has 2 aromatic carbocycles. The zero-order valence-corrected chi connectivity index (χ0v) is 10.9. The van der Waals surface area contributed by atoms with Crippen LogP contribution in [0.5, 0.6) is 0 Å². The summed E-state index contributed by atoms with van der Waals surface area (Å²) in [6, 6.07) is 8.70. The minimum Gasteiger partial charge on any atom is -0.398 e. The van der Waals surface area contributed by atoms with Crippen LogP contribution in [-0.4, -0.2) is 0 Å². The first-order valence-electron chi connectivity index (χ1n) is 5.18. The number of nitrogen functional groups attached to an aromatic ring is 1. The lowest BCUT2D eigenvalue weighted by Crippen LogP contribution is -1.91. The summed E-state index contributed by atoms with van der Waals surface area (Å²) in [6.07, 6.45) is 0. The molecular formula is C13H10ClF2NS. The number of anilines is 1. The van der Waals surface area contributed by atoms with Crippen LogP contribution >= 0.6 is 23.4 Å². The highest BCUT2D eigenvalue weighted by Gasteiger charge is 2.06. The van der Waals surface area contributed by atoms with Gasteiger partial charge >= 0.3 is 0 Å². The maximum atomic E-state index is 13.4. The first-order chi connectivity index (χ1) is 8.56. The highest BCUT2D eigenvalue weighted by atomic mass is 35.5. The van der Waals surface area contributed by atoms with Crippen LogP contribution < -0.4 is 5.73 Å². The van der Waals surface area contributed by atoms with Crippen LogP contribution in [0, 0.1) is 11.6 Å². The Kier molecular flexibility index (Phi) is 4.09. The molecule has 0 saturated carbocycles. The quantitative estimate of drug-likeness (QED) is 0.664. The van der Waals surface area contributed by atoms with Crippen LogP contribution in [-0.2, 0) is 5.75 Å². The van der Waals surface area contributed by atoms with E-state index in [1.54, 1.807) is 18.2 Å². The van der Waals surface area contributed by atoms with E-state index in [4.69, 9.17) is 17.3 Å². The van der Waals surface area contributed by atoms with E-state index in [2.05, 4.69) is 0 Å². The van der Waals surface area contributed by atoms with Gasteiger partial charge < -0.3 is 5.73 Å². The molecule has 2 rings (SSSR count). The molecule has 1 nitrogen and oxygen atoms in total. The molecule has 0 heterocycles. The van der Waals surface area contributed by atoms with E-state index in [9.17, 15) is 8.78 Å². The molecule has 0 aromatic heterocycles. The lowest BCUT2D eigenvalue weighted by atomic mass is 10.2. The van der Waals surface area contributed by atoms with Crippen LogP contribution in [0.25, 0.3) is 0 Å². The number of nitrogens with two attached hydrogens (primary N) is 1. The van der Waals surface area contributed by atoms with Gasteiger partial charge in [0, 0.05) is 27.4 Å². The maximum Gasteiger partial charge on any atom is 0.130 e. The van der Waals surface area contributed by atoms with Crippen LogP contribution in [0.15, 0.2) is 41.3 Å². The van der Waals surface area contributed by atoms with Crippen molar-refractivity contribution in [2.75, 3.05) is 5.73 Å². The summed E-state index contributed by atoms with van der Waals surface area (Å²) in [5.41, 5.74) is 6.78. The zero-order chi connectivity index (χ0) is 13.1. The largest absolute Gasteiger partial charge is 0.398 e. The average Bonchev–Trinajstić information content (AvgIpc) is 2.30. The Labute approximate surface area is 113 Å². The smallest absolute Gasteiger partial charge is 0.130 e. The molecule has 0 bridgehead atoms. The van der Waals surface area contributed by atoms with Crippen LogP contribution in [0.2, 0.25) is 5.02 Å². The molecule has 0 fully saturated rings. The second kappa shape index (κ2) is 5.59. The Morgan fingerprint density at radius 2 is 1.89 bits per heavy atom. The molecule has 0 aliphatic heterocycles. The molecule has 0 spiro atoms. The van der Waals surface area contributed by atoms with E-state index in [-0.39, 0.29) is 0 Å². The van der Waals surface area contributed by atoms with Gasteiger partial charge in [0.05, 0.1) is 0 Å². The molecular weight excluding hydrogens is 276 g/mol. The van der Waals surface area contributed by atoms with Crippen molar-refractivity contribution in [3.05, 3.63) is 58.6 Å². The second-order valence-electron chi connectivity index (χ2n) is 3.71. The van der Waals surface area contributed by atoms with E-state index >= 15 is 0 Å². The standard InChI is InChI=1S/C13H10ClF2NS/c14-9-2-4-13(12(17)5-9)18-7-8-1-3-10(15)6-11(8)16/h1-6H,7,17H2. The molecule has 0 saturated heterocycles. The minimum absolute atomic E-state index is 0.387. The van der Waals surface area contributed by atoms with Gasteiger partial charge in [-0.1, -0.05) is 17.7 Å². The Balaban J connectivity index is 2.11. The average molecular weight is 286 g/mol. The van der Waals surface area contributed by atoms with Crippen molar-refractivity contribution in [3.63, 3.8) is 0 Å². The van der Waals surface area contributed by atoms with Gasteiger partial charge in [0.1, 0.15) is 11.6 Å². The molecule has 94 valence electrons. The molecule has 0 aliphatic rings. The van der Waals surface area contributed by atoms with Crippen LogP contribution in [0.4, 0.5) is 14.5 Å². The zero-order valence-electron chi connectivity index (χ0n) is 9.29. The second-order valence-corrected chi connectivity index (χ2v) is 5.16. The van der Waals surface area contributed by atoms with Crippen molar-refractivity contribution in [1.82, 2.24) is 0 Å². The van der Waals surface area contributed by atoms with Gasteiger partial charge in [0.25, 0.3) is 0 Å². The van der Waals surface area contributed by atoms with Gasteiger partial charge in [-0.25, -0.2) is 8.78 Å².